The highest BCUT2D eigenvalue weighted by Crippen LogP contribution is 2.13. The zero-order chi connectivity index (χ0) is 15.1. The molecule has 2 heteroatoms. The van der Waals surface area contributed by atoms with E-state index in [4.69, 9.17) is 0 Å². The quantitative estimate of drug-likeness (QED) is 0.703. The molecular weight excluding hydrogens is 322 g/mol. The Balaban J connectivity index is 0.000000173. The van der Waals surface area contributed by atoms with E-state index >= 15 is 0 Å². The summed E-state index contributed by atoms with van der Waals surface area (Å²) in [6.07, 6.45) is 0. The zero-order valence-corrected chi connectivity index (χ0v) is 14.1. The molecule has 0 spiro atoms. The van der Waals surface area contributed by atoms with E-state index in [1.165, 1.54) is 15.6 Å². The highest BCUT2D eigenvalue weighted by molar-refractivity contribution is 9.10. The Kier molecular flexibility index (Phi) is 6.04. The van der Waals surface area contributed by atoms with Gasteiger partial charge in [-0.05, 0) is 37.1 Å². The van der Waals surface area contributed by atoms with Crippen LogP contribution in [0, 0.1) is 31.6 Å². The van der Waals surface area contributed by atoms with Gasteiger partial charge >= 0.3 is 0 Å². The summed E-state index contributed by atoms with van der Waals surface area (Å²) >= 11 is 3.40. The van der Waals surface area contributed by atoms with Crippen LogP contribution in [0.15, 0.2) is 53.0 Å². The first-order chi connectivity index (χ1) is 10.2. The number of benzene rings is 2. The van der Waals surface area contributed by atoms with Gasteiger partial charge in [0.05, 0.1) is 0 Å². The van der Waals surface area contributed by atoms with Crippen LogP contribution in [-0.2, 0) is 0 Å². The second-order valence-corrected chi connectivity index (χ2v) is 6.04. The first-order valence-electron chi connectivity index (χ1n) is 7.16. The fraction of sp³-hybridized carbons (Fsp3) is 0.263. The molecule has 1 aliphatic rings. The van der Waals surface area contributed by atoms with Gasteiger partial charge in [0.2, 0.25) is 0 Å². The van der Waals surface area contributed by atoms with Crippen molar-refractivity contribution in [1.29, 1.82) is 0 Å². The van der Waals surface area contributed by atoms with E-state index in [1.54, 1.807) is 0 Å². The normalized spacial score (nSPS) is 13.3. The molecule has 2 aromatic carbocycles. The van der Waals surface area contributed by atoms with E-state index < -0.39 is 0 Å². The molecule has 1 nitrogen and oxygen atoms in total. The summed E-state index contributed by atoms with van der Waals surface area (Å²) in [4.78, 5) is 0. The first-order valence-corrected chi connectivity index (χ1v) is 7.95. The van der Waals surface area contributed by atoms with Crippen molar-refractivity contribution in [2.75, 3.05) is 13.1 Å². The third-order valence-electron chi connectivity index (χ3n) is 3.41. The summed E-state index contributed by atoms with van der Waals surface area (Å²) in [5.74, 6) is 7.06. The molecule has 0 atom stereocenters. The SMILES string of the molecule is Cc1ccccc1Br.Cc1ccccc1C#CC1CNC1. The molecule has 0 amide bonds. The van der Waals surface area contributed by atoms with Crippen LogP contribution in [-0.4, -0.2) is 13.1 Å². The number of nitrogens with one attached hydrogen (secondary N) is 1. The number of hydrogen-bond donors (Lipinski definition) is 1. The van der Waals surface area contributed by atoms with Crippen LogP contribution >= 0.6 is 15.9 Å². The molecule has 0 aliphatic carbocycles. The van der Waals surface area contributed by atoms with Gasteiger partial charge in [-0.1, -0.05) is 64.2 Å². The third-order valence-corrected chi connectivity index (χ3v) is 4.30. The van der Waals surface area contributed by atoms with Gasteiger partial charge in [0.15, 0.2) is 0 Å². The Hall–Kier alpha value is -1.56. The standard InChI is InChI=1S/C12H13N.C7H7Br/c1-10-4-2-3-5-12(10)7-6-11-8-13-9-11;1-6-4-2-3-5-7(6)8/h2-5,11,13H,8-9H2,1H3;2-5H,1H3. The molecule has 1 aliphatic heterocycles. The lowest BCUT2D eigenvalue weighted by atomic mass is 10.0. The molecule has 0 aromatic heterocycles. The van der Waals surface area contributed by atoms with E-state index in [0.29, 0.717) is 5.92 Å². The molecule has 108 valence electrons. The van der Waals surface area contributed by atoms with E-state index in [0.717, 1.165) is 18.7 Å². The van der Waals surface area contributed by atoms with Crippen molar-refractivity contribution in [2.45, 2.75) is 13.8 Å². The maximum atomic E-state index is 3.40. The summed E-state index contributed by atoms with van der Waals surface area (Å²) < 4.78 is 1.18. The average molecular weight is 342 g/mol. The molecule has 0 saturated carbocycles. The molecule has 0 unspecified atom stereocenters. The molecule has 1 N–H and O–H groups in total. The summed E-state index contributed by atoms with van der Waals surface area (Å²) in [6, 6.07) is 16.4. The van der Waals surface area contributed by atoms with Crippen LogP contribution < -0.4 is 5.32 Å². The van der Waals surface area contributed by atoms with E-state index in [9.17, 15) is 0 Å². The fourth-order valence-corrected chi connectivity index (χ4v) is 2.12. The molecule has 2 aromatic rings. The van der Waals surface area contributed by atoms with Gasteiger partial charge in [-0.15, -0.1) is 0 Å². The van der Waals surface area contributed by atoms with Crippen molar-refractivity contribution in [3.05, 3.63) is 69.7 Å². The highest BCUT2D eigenvalue weighted by atomic mass is 79.9. The van der Waals surface area contributed by atoms with Crippen molar-refractivity contribution in [2.24, 2.45) is 5.92 Å². The number of halogens is 1. The van der Waals surface area contributed by atoms with Crippen molar-refractivity contribution >= 4 is 15.9 Å². The van der Waals surface area contributed by atoms with Crippen molar-refractivity contribution in [3.63, 3.8) is 0 Å². The second-order valence-electron chi connectivity index (χ2n) is 5.19. The predicted molar refractivity (Wildman–Crippen MR) is 93.3 cm³/mol. The van der Waals surface area contributed by atoms with E-state index in [1.807, 2.05) is 30.3 Å². The maximum Gasteiger partial charge on any atom is 0.0455 e. The lowest BCUT2D eigenvalue weighted by Crippen LogP contribution is -2.40. The molecule has 3 rings (SSSR count). The summed E-state index contributed by atoms with van der Waals surface area (Å²) in [5.41, 5.74) is 3.71. The van der Waals surface area contributed by atoms with Gasteiger partial charge in [-0.3, -0.25) is 0 Å². The predicted octanol–water partition coefficient (Wildman–Crippen LogP) is 4.32. The Morgan fingerprint density at radius 3 is 2.05 bits per heavy atom. The Morgan fingerprint density at radius 2 is 1.57 bits per heavy atom. The van der Waals surface area contributed by atoms with Crippen LogP contribution in [0.4, 0.5) is 0 Å². The van der Waals surface area contributed by atoms with Gasteiger partial charge in [0.1, 0.15) is 0 Å². The second kappa shape index (κ2) is 8.02. The molecule has 1 saturated heterocycles. The minimum atomic E-state index is 0.569. The first kappa shape index (κ1) is 15.8. The van der Waals surface area contributed by atoms with Gasteiger partial charge in [-0.25, -0.2) is 0 Å². The lowest BCUT2D eigenvalue weighted by molar-refractivity contribution is 0.432. The monoisotopic (exact) mass is 341 g/mol. The van der Waals surface area contributed by atoms with E-state index in [2.05, 4.69) is 65.1 Å². The molecule has 21 heavy (non-hydrogen) atoms. The Bertz CT molecular complexity index is 627. The minimum Gasteiger partial charge on any atom is -0.314 e. The van der Waals surface area contributed by atoms with Gasteiger partial charge in [0.25, 0.3) is 0 Å². The van der Waals surface area contributed by atoms with Gasteiger partial charge in [-0.2, -0.15) is 0 Å². The summed E-state index contributed by atoms with van der Waals surface area (Å²) in [6.45, 7) is 6.28. The number of aryl methyl sites for hydroxylation is 2. The topological polar surface area (TPSA) is 12.0 Å². The van der Waals surface area contributed by atoms with Crippen LogP contribution in [0.1, 0.15) is 16.7 Å². The van der Waals surface area contributed by atoms with Crippen LogP contribution in [0.25, 0.3) is 0 Å². The molecule has 1 fully saturated rings. The van der Waals surface area contributed by atoms with Crippen molar-refractivity contribution in [3.8, 4) is 11.8 Å². The van der Waals surface area contributed by atoms with Crippen molar-refractivity contribution < 1.29 is 0 Å². The molecule has 1 heterocycles. The van der Waals surface area contributed by atoms with Crippen molar-refractivity contribution in [1.82, 2.24) is 5.32 Å². The lowest BCUT2D eigenvalue weighted by Gasteiger charge is -2.21. The maximum absolute atomic E-state index is 3.40. The van der Waals surface area contributed by atoms with Crippen LogP contribution in [0.2, 0.25) is 0 Å². The van der Waals surface area contributed by atoms with E-state index in [-0.39, 0.29) is 0 Å². The minimum absolute atomic E-state index is 0.569. The number of hydrogen-bond acceptors (Lipinski definition) is 1. The van der Waals surface area contributed by atoms with Crippen LogP contribution in [0.5, 0.6) is 0 Å². The average Bonchev–Trinajstić information content (AvgIpc) is 2.43. The Morgan fingerprint density at radius 1 is 0.952 bits per heavy atom. The highest BCUT2D eigenvalue weighted by Gasteiger charge is 2.12. The Labute approximate surface area is 135 Å². The number of rotatable bonds is 0. The molecule has 0 radical (unpaired) electrons. The van der Waals surface area contributed by atoms with Gasteiger partial charge < -0.3 is 5.32 Å². The fourth-order valence-electron chi connectivity index (χ4n) is 1.83. The third kappa shape index (κ3) is 5.04. The largest absolute Gasteiger partial charge is 0.314 e. The smallest absolute Gasteiger partial charge is 0.0455 e. The van der Waals surface area contributed by atoms with Gasteiger partial charge in [0, 0.05) is 29.0 Å². The summed E-state index contributed by atoms with van der Waals surface area (Å²) in [5, 5.41) is 3.21. The summed E-state index contributed by atoms with van der Waals surface area (Å²) in [7, 11) is 0. The van der Waals surface area contributed by atoms with Crippen LogP contribution in [0.3, 0.4) is 0 Å². The molecular formula is C19H20BrN. The molecule has 0 bridgehead atoms. The zero-order valence-electron chi connectivity index (χ0n) is 12.5.